The lowest BCUT2D eigenvalue weighted by atomic mass is 10.1. The van der Waals surface area contributed by atoms with Gasteiger partial charge in [0.25, 0.3) is 0 Å². The van der Waals surface area contributed by atoms with Crippen LogP contribution in [0.25, 0.3) is 0 Å². The molecule has 0 amide bonds. The van der Waals surface area contributed by atoms with Gasteiger partial charge in [0.2, 0.25) is 0 Å². The Hall–Kier alpha value is -1.06. The topological polar surface area (TPSA) is 33.3 Å². The highest BCUT2D eigenvalue weighted by Gasteiger charge is 1.95. The van der Waals surface area contributed by atoms with E-state index in [1.165, 1.54) is 16.8 Å². The number of benzene rings is 1. The molecule has 0 spiro atoms. The highest BCUT2D eigenvalue weighted by molar-refractivity contribution is 5.47. The molecular weight excluding hydrogens is 200 g/mol. The molecular formula is C13H22N2O. The zero-order valence-electron chi connectivity index (χ0n) is 10.5. The van der Waals surface area contributed by atoms with Gasteiger partial charge in [-0.15, -0.1) is 0 Å². The molecule has 0 saturated heterocycles. The van der Waals surface area contributed by atoms with Gasteiger partial charge in [-0.05, 0) is 37.1 Å². The minimum absolute atomic E-state index is 0.767. The molecule has 0 radical (unpaired) electrons. The third kappa shape index (κ3) is 4.64. The Morgan fingerprint density at radius 1 is 1.06 bits per heavy atom. The first-order valence-corrected chi connectivity index (χ1v) is 5.75. The average Bonchev–Trinajstić information content (AvgIpc) is 2.28. The van der Waals surface area contributed by atoms with Crippen molar-refractivity contribution >= 4 is 5.69 Å². The summed E-state index contributed by atoms with van der Waals surface area (Å²) in [6.45, 7) is 7.83. The number of anilines is 1. The van der Waals surface area contributed by atoms with Gasteiger partial charge in [-0.2, -0.15) is 0 Å². The van der Waals surface area contributed by atoms with Crippen molar-refractivity contribution in [3.8, 4) is 0 Å². The molecule has 1 aromatic carbocycles. The average molecular weight is 222 g/mol. The Kier molecular flexibility index (Phi) is 5.90. The third-order valence-electron chi connectivity index (χ3n) is 2.62. The fourth-order valence-corrected chi connectivity index (χ4v) is 1.45. The summed E-state index contributed by atoms with van der Waals surface area (Å²) < 4.78 is 4.95. The molecule has 0 bridgehead atoms. The Morgan fingerprint density at radius 3 is 2.56 bits per heavy atom. The summed E-state index contributed by atoms with van der Waals surface area (Å²) in [6, 6.07) is 6.46. The van der Waals surface area contributed by atoms with E-state index in [2.05, 4.69) is 42.7 Å². The lowest BCUT2D eigenvalue weighted by Crippen LogP contribution is -2.25. The number of nitrogens with one attached hydrogen (secondary N) is 2. The van der Waals surface area contributed by atoms with E-state index < -0.39 is 0 Å². The quantitative estimate of drug-likeness (QED) is 0.692. The Bertz CT molecular complexity index is 313. The summed E-state index contributed by atoms with van der Waals surface area (Å²) in [5.74, 6) is 0. The fourth-order valence-electron chi connectivity index (χ4n) is 1.45. The Balaban J connectivity index is 2.19. The Morgan fingerprint density at radius 2 is 1.88 bits per heavy atom. The largest absolute Gasteiger partial charge is 0.384 e. The van der Waals surface area contributed by atoms with Crippen molar-refractivity contribution in [2.75, 3.05) is 38.7 Å². The molecule has 0 unspecified atom stereocenters. The molecule has 0 saturated carbocycles. The second-order valence-electron chi connectivity index (χ2n) is 3.97. The van der Waals surface area contributed by atoms with Gasteiger partial charge < -0.3 is 15.4 Å². The van der Waals surface area contributed by atoms with Gasteiger partial charge in [0.15, 0.2) is 0 Å². The summed E-state index contributed by atoms with van der Waals surface area (Å²) in [6.07, 6.45) is 0. The molecule has 0 aliphatic rings. The molecule has 0 aliphatic carbocycles. The molecule has 0 aromatic heterocycles. The van der Waals surface area contributed by atoms with Gasteiger partial charge in [-0.25, -0.2) is 0 Å². The van der Waals surface area contributed by atoms with Gasteiger partial charge in [0.05, 0.1) is 6.61 Å². The van der Waals surface area contributed by atoms with Crippen LogP contribution in [0.2, 0.25) is 0 Å². The van der Waals surface area contributed by atoms with Crippen molar-refractivity contribution in [2.24, 2.45) is 0 Å². The number of rotatable bonds is 7. The summed E-state index contributed by atoms with van der Waals surface area (Å²) >= 11 is 0. The van der Waals surface area contributed by atoms with Crippen LogP contribution in [0.3, 0.4) is 0 Å². The molecule has 0 heterocycles. The standard InChI is InChI=1S/C13H22N2O/c1-11-4-5-13(10-12(11)2)15-7-6-14-8-9-16-3/h4-5,10,14-15H,6-9H2,1-3H3. The van der Waals surface area contributed by atoms with Crippen molar-refractivity contribution in [1.29, 1.82) is 0 Å². The normalized spacial score (nSPS) is 10.4. The van der Waals surface area contributed by atoms with E-state index in [0.717, 1.165) is 26.2 Å². The van der Waals surface area contributed by atoms with Crippen LogP contribution in [0.5, 0.6) is 0 Å². The van der Waals surface area contributed by atoms with Gasteiger partial charge in [-0.1, -0.05) is 6.07 Å². The van der Waals surface area contributed by atoms with E-state index in [-0.39, 0.29) is 0 Å². The minimum Gasteiger partial charge on any atom is -0.384 e. The number of hydrogen-bond acceptors (Lipinski definition) is 3. The van der Waals surface area contributed by atoms with Gasteiger partial charge in [0.1, 0.15) is 0 Å². The number of methoxy groups -OCH3 is 1. The monoisotopic (exact) mass is 222 g/mol. The van der Waals surface area contributed by atoms with Crippen molar-refractivity contribution in [3.05, 3.63) is 29.3 Å². The smallest absolute Gasteiger partial charge is 0.0587 e. The van der Waals surface area contributed by atoms with E-state index >= 15 is 0 Å². The van der Waals surface area contributed by atoms with Crippen LogP contribution in [0.15, 0.2) is 18.2 Å². The van der Waals surface area contributed by atoms with Crippen molar-refractivity contribution in [1.82, 2.24) is 5.32 Å². The number of aryl methyl sites for hydroxylation is 2. The van der Waals surface area contributed by atoms with E-state index in [9.17, 15) is 0 Å². The third-order valence-corrected chi connectivity index (χ3v) is 2.62. The molecule has 3 nitrogen and oxygen atoms in total. The molecule has 16 heavy (non-hydrogen) atoms. The molecule has 3 heteroatoms. The summed E-state index contributed by atoms with van der Waals surface area (Å²) in [7, 11) is 1.72. The van der Waals surface area contributed by atoms with Gasteiger partial charge in [0, 0.05) is 32.4 Å². The van der Waals surface area contributed by atoms with Crippen LogP contribution in [0.1, 0.15) is 11.1 Å². The molecule has 0 fully saturated rings. The lowest BCUT2D eigenvalue weighted by Gasteiger charge is -2.09. The molecule has 2 N–H and O–H groups in total. The van der Waals surface area contributed by atoms with E-state index in [4.69, 9.17) is 4.74 Å². The molecule has 1 rings (SSSR count). The van der Waals surface area contributed by atoms with E-state index in [0.29, 0.717) is 0 Å². The first-order chi connectivity index (χ1) is 7.74. The maximum atomic E-state index is 4.95. The van der Waals surface area contributed by atoms with Crippen LogP contribution in [-0.2, 0) is 4.74 Å². The summed E-state index contributed by atoms with van der Waals surface area (Å²) in [5, 5.41) is 6.68. The molecule has 1 aromatic rings. The molecule has 90 valence electrons. The van der Waals surface area contributed by atoms with Crippen LogP contribution in [-0.4, -0.2) is 33.4 Å². The second kappa shape index (κ2) is 7.25. The van der Waals surface area contributed by atoms with E-state index in [1.807, 2.05) is 0 Å². The summed E-state index contributed by atoms with van der Waals surface area (Å²) in [4.78, 5) is 0. The maximum Gasteiger partial charge on any atom is 0.0587 e. The first kappa shape index (κ1) is 13.0. The zero-order chi connectivity index (χ0) is 11.8. The van der Waals surface area contributed by atoms with Crippen LogP contribution >= 0.6 is 0 Å². The zero-order valence-corrected chi connectivity index (χ0v) is 10.5. The fraction of sp³-hybridized carbons (Fsp3) is 0.538. The predicted octanol–water partition coefficient (Wildman–Crippen LogP) is 1.95. The number of ether oxygens (including phenoxy) is 1. The van der Waals surface area contributed by atoms with Crippen molar-refractivity contribution < 1.29 is 4.74 Å². The van der Waals surface area contributed by atoms with E-state index in [1.54, 1.807) is 7.11 Å². The summed E-state index contributed by atoms with van der Waals surface area (Å²) in [5.41, 5.74) is 3.86. The molecule has 0 aliphatic heterocycles. The first-order valence-electron chi connectivity index (χ1n) is 5.75. The van der Waals surface area contributed by atoms with Crippen LogP contribution in [0, 0.1) is 13.8 Å². The highest BCUT2D eigenvalue weighted by Crippen LogP contribution is 2.13. The van der Waals surface area contributed by atoms with Crippen LogP contribution in [0.4, 0.5) is 5.69 Å². The van der Waals surface area contributed by atoms with Gasteiger partial charge >= 0.3 is 0 Å². The predicted molar refractivity (Wildman–Crippen MR) is 69.2 cm³/mol. The Labute approximate surface area is 98.2 Å². The SMILES string of the molecule is COCCNCCNc1ccc(C)c(C)c1. The minimum atomic E-state index is 0.767. The maximum absolute atomic E-state index is 4.95. The highest BCUT2D eigenvalue weighted by atomic mass is 16.5. The van der Waals surface area contributed by atoms with Crippen molar-refractivity contribution in [2.45, 2.75) is 13.8 Å². The van der Waals surface area contributed by atoms with Crippen molar-refractivity contribution in [3.63, 3.8) is 0 Å². The molecule has 0 atom stereocenters. The van der Waals surface area contributed by atoms with Crippen LogP contribution < -0.4 is 10.6 Å². The van der Waals surface area contributed by atoms with Gasteiger partial charge in [-0.3, -0.25) is 0 Å². The second-order valence-corrected chi connectivity index (χ2v) is 3.97. The number of hydrogen-bond donors (Lipinski definition) is 2. The lowest BCUT2D eigenvalue weighted by molar-refractivity contribution is 0.200.